The number of unbranched alkanes of at least 4 members (excludes halogenated alkanes) is 2. The van der Waals surface area contributed by atoms with Gasteiger partial charge in [-0.3, -0.25) is 4.79 Å². The Morgan fingerprint density at radius 1 is 0.861 bits per heavy atom. The van der Waals surface area contributed by atoms with Crippen LogP contribution in [-0.4, -0.2) is 22.0 Å². The smallest absolute Gasteiger partial charge is 0.257 e. The molecule has 1 aliphatic rings. The lowest BCUT2D eigenvalue weighted by Gasteiger charge is -2.39. The highest BCUT2D eigenvalue weighted by Crippen LogP contribution is 2.42. The van der Waals surface area contributed by atoms with Crippen molar-refractivity contribution in [3.63, 3.8) is 0 Å². The van der Waals surface area contributed by atoms with E-state index in [4.69, 9.17) is 4.42 Å². The molecule has 5 aromatic rings. The van der Waals surface area contributed by atoms with Crippen LogP contribution in [0.2, 0.25) is 0 Å². The molecule has 1 amide bonds. The molecule has 0 spiro atoms. The summed E-state index contributed by atoms with van der Waals surface area (Å²) < 4.78 is 6.02. The molecule has 36 heavy (non-hydrogen) atoms. The number of hydrogen-bond acceptors (Lipinski definition) is 3. The molecule has 0 fully saturated rings. The standard InChI is InChI=1S/C32H31NO3/c1-3-5-6-10-21(4-2)33-31(34)25-13-9-12-24-22(16-17-26(30(24)25)32(33)35)20-15-18-29-27(19-20)23-11-7-8-14-28(23)36-29/h7-9,11-19,21,31,34H,3-6,10H2,1-2H3. The van der Waals surface area contributed by atoms with Gasteiger partial charge in [0, 0.05) is 33.3 Å². The van der Waals surface area contributed by atoms with Gasteiger partial charge in [-0.2, -0.15) is 0 Å². The second-order valence-corrected chi connectivity index (χ2v) is 9.88. The highest BCUT2D eigenvalue weighted by molar-refractivity contribution is 6.15. The number of para-hydroxylation sites is 1. The van der Waals surface area contributed by atoms with Gasteiger partial charge in [-0.05, 0) is 53.6 Å². The van der Waals surface area contributed by atoms with E-state index in [1.807, 2.05) is 42.5 Å². The molecule has 1 aliphatic heterocycles. The first-order valence-electron chi connectivity index (χ1n) is 13.1. The van der Waals surface area contributed by atoms with E-state index in [0.29, 0.717) is 5.56 Å². The summed E-state index contributed by atoms with van der Waals surface area (Å²) >= 11 is 0. The number of amides is 1. The first kappa shape index (κ1) is 22.8. The van der Waals surface area contributed by atoms with Crippen LogP contribution in [0.1, 0.15) is 68.1 Å². The van der Waals surface area contributed by atoms with Gasteiger partial charge in [-0.15, -0.1) is 0 Å². The molecule has 0 saturated carbocycles. The third kappa shape index (κ3) is 3.51. The molecule has 182 valence electrons. The molecule has 6 rings (SSSR count). The quantitative estimate of drug-likeness (QED) is 0.240. The summed E-state index contributed by atoms with van der Waals surface area (Å²) in [5, 5.41) is 15.5. The first-order valence-corrected chi connectivity index (χ1v) is 13.1. The number of nitrogens with zero attached hydrogens (tertiary/aromatic N) is 1. The van der Waals surface area contributed by atoms with Crippen LogP contribution in [0.4, 0.5) is 0 Å². The molecule has 0 radical (unpaired) electrons. The third-order valence-electron chi connectivity index (χ3n) is 7.77. The summed E-state index contributed by atoms with van der Waals surface area (Å²) in [5.41, 5.74) is 5.34. The maximum Gasteiger partial charge on any atom is 0.257 e. The summed E-state index contributed by atoms with van der Waals surface area (Å²) in [4.78, 5) is 15.5. The van der Waals surface area contributed by atoms with Crippen LogP contribution in [0.25, 0.3) is 43.8 Å². The molecule has 2 atom stereocenters. The van der Waals surface area contributed by atoms with E-state index in [2.05, 4.69) is 44.2 Å². The lowest BCUT2D eigenvalue weighted by Crippen LogP contribution is -2.45. The van der Waals surface area contributed by atoms with Crippen molar-refractivity contribution in [1.82, 2.24) is 4.90 Å². The van der Waals surface area contributed by atoms with Gasteiger partial charge in [0.25, 0.3) is 5.91 Å². The number of rotatable bonds is 7. The van der Waals surface area contributed by atoms with E-state index in [1.165, 1.54) is 0 Å². The number of aliphatic hydroxyl groups is 1. The first-order chi connectivity index (χ1) is 17.6. The van der Waals surface area contributed by atoms with Crippen LogP contribution >= 0.6 is 0 Å². The van der Waals surface area contributed by atoms with E-state index in [-0.39, 0.29) is 11.9 Å². The minimum Gasteiger partial charge on any atom is -0.456 e. The van der Waals surface area contributed by atoms with Crippen molar-refractivity contribution >= 4 is 38.6 Å². The predicted molar refractivity (Wildman–Crippen MR) is 146 cm³/mol. The largest absolute Gasteiger partial charge is 0.456 e. The second kappa shape index (κ2) is 9.11. The molecule has 4 heteroatoms. The number of carbonyl (C=O) groups is 1. The fraction of sp³-hybridized carbons (Fsp3) is 0.281. The van der Waals surface area contributed by atoms with Gasteiger partial charge in [-0.25, -0.2) is 0 Å². The topological polar surface area (TPSA) is 53.7 Å². The number of fused-ring (bicyclic) bond motifs is 3. The average molecular weight is 478 g/mol. The fourth-order valence-corrected chi connectivity index (χ4v) is 5.91. The Labute approximate surface area is 211 Å². The van der Waals surface area contributed by atoms with Gasteiger partial charge in [0.2, 0.25) is 0 Å². The third-order valence-corrected chi connectivity index (χ3v) is 7.77. The molecular weight excluding hydrogens is 446 g/mol. The van der Waals surface area contributed by atoms with Gasteiger partial charge in [0.1, 0.15) is 11.2 Å². The van der Waals surface area contributed by atoms with Crippen molar-refractivity contribution in [1.29, 1.82) is 0 Å². The van der Waals surface area contributed by atoms with E-state index in [0.717, 1.165) is 81.5 Å². The fourth-order valence-electron chi connectivity index (χ4n) is 5.91. The zero-order chi connectivity index (χ0) is 24.8. The van der Waals surface area contributed by atoms with Crippen molar-refractivity contribution in [3.05, 3.63) is 83.9 Å². The summed E-state index contributed by atoms with van der Waals surface area (Å²) in [7, 11) is 0. The van der Waals surface area contributed by atoms with Gasteiger partial charge >= 0.3 is 0 Å². The second-order valence-electron chi connectivity index (χ2n) is 9.88. The summed E-state index contributed by atoms with van der Waals surface area (Å²) in [6.07, 6.45) is 4.14. The molecule has 2 heterocycles. The number of benzene rings is 4. The maximum absolute atomic E-state index is 13.7. The Kier molecular flexibility index (Phi) is 5.77. The van der Waals surface area contributed by atoms with Crippen LogP contribution in [0, 0.1) is 0 Å². The average Bonchev–Trinajstić information content (AvgIpc) is 3.28. The number of carbonyl (C=O) groups excluding carboxylic acids is 1. The molecule has 2 unspecified atom stereocenters. The zero-order valence-corrected chi connectivity index (χ0v) is 20.8. The Morgan fingerprint density at radius 2 is 1.64 bits per heavy atom. The normalized spacial score (nSPS) is 16.4. The summed E-state index contributed by atoms with van der Waals surface area (Å²) in [6.45, 7) is 4.29. The van der Waals surface area contributed by atoms with Gasteiger partial charge in [-0.1, -0.05) is 81.6 Å². The molecule has 0 saturated heterocycles. The number of furan rings is 1. The maximum atomic E-state index is 13.7. The van der Waals surface area contributed by atoms with Crippen molar-refractivity contribution in [3.8, 4) is 11.1 Å². The highest BCUT2D eigenvalue weighted by Gasteiger charge is 2.36. The Bertz CT molecular complexity index is 1600. The summed E-state index contributed by atoms with van der Waals surface area (Å²) in [5.74, 6) is -0.0719. The molecule has 1 aromatic heterocycles. The van der Waals surface area contributed by atoms with Crippen LogP contribution in [0.15, 0.2) is 77.2 Å². The summed E-state index contributed by atoms with van der Waals surface area (Å²) in [6, 6.07) is 24.4. The minimum absolute atomic E-state index is 0.0268. The number of aliphatic hydroxyl groups excluding tert-OH is 1. The molecule has 0 aliphatic carbocycles. The molecule has 1 N–H and O–H groups in total. The van der Waals surface area contributed by atoms with E-state index in [9.17, 15) is 9.90 Å². The molecule has 4 nitrogen and oxygen atoms in total. The minimum atomic E-state index is -0.934. The van der Waals surface area contributed by atoms with Crippen LogP contribution in [0.5, 0.6) is 0 Å². The SMILES string of the molecule is CCCCCC(CC)N1C(=O)c2ccc(-c3ccc4oc5ccccc5c4c3)c3cccc(c23)C1O. The van der Waals surface area contributed by atoms with Crippen molar-refractivity contribution < 1.29 is 14.3 Å². The van der Waals surface area contributed by atoms with Crippen molar-refractivity contribution in [2.75, 3.05) is 0 Å². The number of hydrogen-bond donors (Lipinski definition) is 1. The molecule has 0 bridgehead atoms. The van der Waals surface area contributed by atoms with Gasteiger partial charge in [0.15, 0.2) is 6.23 Å². The lowest BCUT2D eigenvalue weighted by molar-refractivity contribution is -0.0186. The monoisotopic (exact) mass is 477 g/mol. The van der Waals surface area contributed by atoms with E-state index >= 15 is 0 Å². The Balaban J connectivity index is 1.47. The lowest BCUT2D eigenvalue weighted by atomic mass is 9.87. The van der Waals surface area contributed by atoms with E-state index in [1.54, 1.807) is 4.90 Å². The van der Waals surface area contributed by atoms with Crippen LogP contribution < -0.4 is 0 Å². The van der Waals surface area contributed by atoms with E-state index < -0.39 is 6.23 Å². The molecular formula is C32H31NO3. The zero-order valence-electron chi connectivity index (χ0n) is 20.8. The predicted octanol–water partition coefficient (Wildman–Crippen LogP) is 8.21. The van der Waals surface area contributed by atoms with Gasteiger partial charge in [0.05, 0.1) is 0 Å². The molecule has 4 aromatic carbocycles. The Hall–Kier alpha value is -3.63. The Morgan fingerprint density at radius 3 is 2.47 bits per heavy atom. The highest BCUT2D eigenvalue weighted by atomic mass is 16.3. The van der Waals surface area contributed by atoms with Crippen LogP contribution in [0.3, 0.4) is 0 Å². The van der Waals surface area contributed by atoms with Crippen LogP contribution in [-0.2, 0) is 0 Å². The van der Waals surface area contributed by atoms with Crippen molar-refractivity contribution in [2.24, 2.45) is 0 Å². The van der Waals surface area contributed by atoms with Gasteiger partial charge < -0.3 is 14.4 Å². The van der Waals surface area contributed by atoms with Crippen molar-refractivity contribution in [2.45, 2.75) is 58.2 Å².